The summed E-state index contributed by atoms with van der Waals surface area (Å²) in [5.41, 5.74) is 3.02. The van der Waals surface area contributed by atoms with Crippen molar-refractivity contribution in [3.05, 3.63) is 34.6 Å². The Labute approximate surface area is 162 Å². The van der Waals surface area contributed by atoms with Gasteiger partial charge >= 0.3 is 0 Å². The minimum atomic E-state index is -0.740. The Balaban J connectivity index is 1.72. The van der Waals surface area contributed by atoms with E-state index in [1.807, 2.05) is 18.5 Å². The van der Waals surface area contributed by atoms with E-state index in [9.17, 15) is 4.79 Å². The maximum Gasteiger partial charge on any atom is 0.268 e. The fourth-order valence-electron chi connectivity index (χ4n) is 2.90. The van der Waals surface area contributed by atoms with Crippen molar-refractivity contribution >= 4 is 28.9 Å². The van der Waals surface area contributed by atoms with Gasteiger partial charge in [-0.1, -0.05) is 16.8 Å². The molecule has 3 rings (SSSR count). The van der Waals surface area contributed by atoms with Crippen LogP contribution in [0.1, 0.15) is 24.6 Å². The normalized spacial score (nSPS) is 15.9. The summed E-state index contributed by atoms with van der Waals surface area (Å²) < 4.78 is 12.3. The first kappa shape index (κ1) is 19.0. The minimum absolute atomic E-state index is 0.336. The van der Waals surface area contributed by atoms with Gasteiger partial charge in [0.1, 0.15) is 11.5 Å². The lowest BCUT2D eigenvalue weighted by atomic mass is 10.1. The van der Waals surface area contributed by atoms with Gasteiger partial charge in [-0.15, -0.1) is 0 Å². The van der Waals surface area contributed by atoms with E-state index in [0.717, 1.165) is 17.8 Å². The first-order valence-corrected chi connectivity index (χ1v) is 8.84. The maximum atomic E-state index is 12.6. The molecule has 2 aromatic rings. The van der Waals surface area contributed by atoms with Gasteiger partial charge in [-0.25, -0.2) is 0 Å². The third kappa shape index (κ3) is 3.71. The Kier molecular flexibility index (Phi) is 5.55. The number of halogens is 1. The lowest BCUT2D eigenvalue weighted by Crippen LogP contribution is -2.28. The number of nitrogens with one attached hydrogen (secondary N) is 1. The van der Waals surface area contributed by atoms with E-state index < -0.39 is 6.10 Å². The van der Waals surface area contributed by atoms with Crippen LogP contribution in [0.15, 0.2) is 23.5 Å². The second-order valence-electron chi connectivity index (χ2n) is 5.97. The van der Waals surface area contributed by atoms with Crippen molar-refractivity contribution in [2.75, 3.05) is 19.5 Å². The number of nitrogens with zero attached hydrogens (tertiary/aromatic N) is 3. The number of rotatable bonds is 6. The number of ether oxygens (including phenoxy) is 2. The van der Waals surface area contributed by atoms with Crippen LogP contribution in [0.4, 0.5) is 5.69 Å². The van der Waals surface area contributed by atoms with Crippen molar-refractivity contribution in [3.63, 3.8) is 0 Å². The van der Waals surface area contributed by atoms with Crippen molar-refractivity contribution in [1.82, 2.24) is 9.78 Å². The first-order valence-electron chi connectivity index (χ1n) is 8.46. The third-order valence-corrected chi connectivity index (χ3v) is 4.70. The average molecular weight is 393 g/mol. The summed E-state index contributed by atoms with van der Waals surface area (Å²) in [6.07, 6.45) is 1.36. The Hall–Kier alpha value is -2.74. The number of amides is 1. The maximum absolute atomic E-state index is 12.6. The van der Waals surface area contributed by atoms with Crippen molar-refractivity contribution in [1.29, 1.82) is 0 Å². The lowest BCUT2D eigenvalue weighted by molar-refractivity contribution is -0.125. The van der Waals surface area contributed by atoms with Gasteiger partial charge in [0, 0.05) is 36.4 Å². The van der Waals surface area contributed by atoms with E-state index in [2.05, 4.69) is 15.6 Å². The summed E-state index contributed by atoms with van der Waals surface area (Å²) in [6, 6.07) is 3.18. The number of hydrogen-bond donors (Lipinski definition) is 1. The third-order valence-electron chi connectivity index (χ3n) is 4.41. The van der Waals surface area contributed by atoms with E-state index in [-0.39, 0.29) is 5.91 Å². The van der Waals surface area contributed by atoms with E-state index in [1.54, 1.807) is 18.3 Å². The van der Waals surface area contributed by atoms with Crippen molar-refractivity contribution in [3.8, 4) is 11.5 Å². The molecule has 0 unspecified atom stereocenters. The number of oxime groups is 1. The summed E-state index contributed by atoms with van der Waals surface area (Å²) in [4.78, 5) is 18.0. The zero-order valence-electron chi connectivity index (χ0n) is 15.6. The lowest BCUT2D eigenvalue weighted by Gasteiger charge is -2.14. The Morgan fingerprint density at radius 3 is 2.74 bits per heavy atom. The zero-order chi connectivity index (χ0) is 19.6. The predicted octanol–water partition coefficient (Wildman–Crippen LogP) is 3.01. The van der Waals surface area contributed by atoms with Crippen LogP contribution >= 0.6 is 11.6 Å². The predicted molar refractivity (Wildman–Crippen MR) is 102 cm³/mol. The first-order chi connectivity index (χ1) is 13.0. The SMILES string of the molecule is CCn1ncc(C2=NO[C@@H](C(=O)Nc3cc(OC)c(Cl)cc3OC)C2)c1C. The van der Waals surface area contributed by atoms with Gasteiger partial charge in [-0.05, 0) is 13.8 Å². The highest BCUT2D eigenvalue weighted by Gasteiger charge is 2.31. The number of methoxy groups -OCH3 is 2. The molecule has 144 valence electrons. The van der Waals surface area contributed by atoms with Crippen LogP contribution in [-0.4, -0.2) is 41.7 Å². The van der Waals surface area contributed by atoms with Gasteiger partial charge in [0.2, 0.25) is 6.10 Å². The highest BCUT2D eigenvalue weighted by atomic mass is 35.5. The number of carbonyl (C=O) groups is 1. The van der Waals surface area contributed by atoms with Crippen LogP contribution in [0.3, 0.4) is 0 Å². The van der Waals surface area contributed by atoms with Crippen molar-refractivity contribution < 1.29 is 19.1 Å². The molecule has 1 amide bonds. The molecule has 0 bridgehead atoms. The van der Waals surface area contributed by atoms with Crippen LogP contribution in [0.25, 0.3) is 0 Å². The molecule has 1 aromatic carbocycles. The molecule has 1 atom stereocenters. The molecule has 9 heteroatoms. The van der Waals surface area contributed by atoms with Gasteiger partial charge in [0.15, 0.2) is 0 Å². The molecule has 0 fully saturated rings. The number of aromatic nitrogens is 2. The summed E-state index contributed by atoms with van der Waals surface area (Å²) in [7, 11) is 2.99. The Morgan fingerprint density at radius 1 is 1.37 bits per heavy atom. The molecule has 0 radical (unpaired) electrons. The highest BCUT2D eigenvalue weighted by Crippen LogP contribution is 2.36. The minimum Gasteiger partial charge on any atom is -0.495 e. The topological polar surface area (TPSA) is 87.0 Å². The fraction of sp³-hybridized carbons (Fsp3) is 0.389. The van der Waals surface area contributed by atoms with Gasteiger partial charge in [0.05, 0.1) is 36.8 Å². The van der Waals surface area contributed by atoms with Gasteiger partial charge in [-0.2, -0.15) is 5.10 Å². The Bertz CT molecular complexity index is 894. The molecule has 0 spiro atoms. The average Bonchev–Trinajstić information content (AvgIpc) is 3.29. The molecule has 0 saturated carbocycles. The molecular formula is C18H21ClN4O4. The molecule has 1 aliphatic heterocycles. The fourth-order valence-corrected chi connectivity index (χ4v) is 3.13. The van der Waals surface area contributed by atoms with E-state index >= 15 is 0 Å². The quantitative estimate of drug-likeness (QED) is 0.816. The van der Waals surface area contributed by atoms with Crippen LogP contribution in [0.5, 0.6) is 11.5 Å². The van der Waals surface area contributed by atoms with Crippen LogP contribution in [0.2, 0.25) is 5.02 Å². The second-order valence-corrected chi connectivity index (χ2v) is 6.38. The molecule has 1 N–H and O–H groups in total. The summed E-state index contributed by atoms with van der Waals surface area (Å²) in [5.74, 6) is 0.518. The molecule has 8 nitrogen and oxygen atoms in total. The Morgan fingerprint density at radius 2 is 2.11 bits per heavy atom. The smallest absolute Gasteiger partial charge is 0.268 e. The molecule has 0 saturated heterocycles. The molecular weight excluding hydrogens is 372 g/mol. The van der Waals surface area contributed by atoms with Gasteiger partial charge in [-0.3, -0.25) is 9.48 Å². The van der Waals surface area contributed by atoms with E-state index in [4.69, 9.17) is 25.9 Å². The standard InChI is InChI=1S/C18H21ClN4O4/c1-5-23-10(2)11(9-20-23)13-7-17(27-22-13)18(24)21-14-8-15(25-3)12(19)6-16(14)26-4/h6,8-9,17H,5,7H2,1-4H3,(H,21,24)/t17-/m1/s1. The van der Waals surface area contributed by atoms with Crippen molar-refractivity contribution in [2.24, 2.45) is 5.16 Å². The van der Waals surface area contributed by atoms with E-state index in [0.29, 0.717) is 34.3 Å². The number of carbonyl (C=O) groups excluding carboxylic acids is 1. The number of hydrogen-bond acceptors (Lipinski definition) is 6. The number of benzene rings is 1. The van der Waals surface area contributed by atoms with Crippen molar-refractivity contribution in [2.45, 2.75) is 32.9 Å². The highest BCUT2D eigenvalue weighted by molar-refractivity contribution is 6.32. The summed E-state index contributed by atoms with van der Waals surface area (Å²) >= 11 is 6.09. The molecule has 1 aliphatic rings. The summed E-state index contributed by atoms with van der Waals surface area (Å²) in [6.45, 7) is 4.75. The summed E-state index contributed by atoms with van der Waals surface area (Å²) in [5, 5.41) is 11.6. The van der Waals surface area contributed by atoms with Gasteiger partial charge < -0.3 is 19.6 Å². The molecule has 0 aliphatic carbocycles. The molecule has 27 heavy (non-hydrogen) atoms. The van der Waals surface area contributed by atoms with Crippen LogP contribution in [-0.2, 0) is 16.2 Å². The number of aryl methyl sites for hydroxylation is 1. The molecule has 2 heterocycles. The van der Waals surface area contributed by atoms with Crippen LogP contribution < -0.4 is 14.8 Å². The van der Waals surface area contributed by atoms with Gasteiger partial charge in [0.25, 0.3) is 5.91 Å². The second kappa shape index (κ2) is 7.87. The zero-order valence-corrected chi connectivity index (χ0v) is 16.3. The van der Waals surface area contributed by atoms with Crippen LogP contribution in [0, 0.1) is 6.92 Å². The molecule has 1 aromatic heterocycles. The largest absolute Gasteiger partial charge is 0.495 e. The monoisotopic (exact) mass is 392 g/mol. The number of anilines is 1. The van der Waals surface area contributed by atoms with E-state index in [1.165, 1.54) is 14.2 Å².